The number of nitrogens with one attached hydrogen (secondary N) is 1. The molecule has 35 heavy (non-hydrogen) atoms. The summed E-state index contributed by atoms with van der Waals surface area (Å²) < 4.78 is 1.49. The lowest BCUT2D eigenvalue weighted by atomic mass is 10.1. The first kappa shape index (κ1) is 24.4. The lowest BCUT2D eigenvalue weighted by molar-refractivity contribution is -0.141. The number of fused-ring (bicyclic) bond motifs is 1. The Balaban J connectivity index is 1.55. The Bertz CT molecular complexity index is 1420. The van der Waals surface area contributed by atoms with Gasteiger partial charge in [-0.15, -0.1) is 17.9 Å². The SMILES string of the molecule is C=CCn1c(SCC(=O)N[C@H](Cc2ccccc2)C(=O)O)nc2scc(-c3ccccc3)c2c1=O. The number of carboxylic acid groups (broad SMARTS) is 1. The highest BCUT2D eigenvalue weighted by atomic mass is 32.2. The second kappa shape index (κ2) is 11.2. The summed E-state index contributed by atoms with van der Waals surface area (Å²) in [5.74, 6) is -1.64. The first-order chi connectivity index (χ1) is 17.0. The number of rotatable bonds is 10. The fourth-order valence-corrected chi connectivity index (χ4v) is 5.46. The van der Waals surface area contributed by atoms with Crippen molar-refractivity contribution in [1.82, 2.24) is 14.9 Å². The number of aromatic nitrogens is 2. The molecule has 0 aliphatic carbocycles. The van der Waals surface area contributed by atoms with Crippen molar-refractivity contribution in [3.05, 3.63) is 94.6 Å². The van der Waals surface area contributed by atoms with E-state index in [2.05, 4.69) is 16.9 Å². The summed E-state index contributed by atoms with van der Waals surface area (Å²) in [5.41, 5.74) is 2.36. The molecule has 0 fully saturated rings. The van der Waals surface area contributed by atoms with Crippen molar-refractivity contribution < 1.29 is 14.7 Å². The molecule has 0 saturated carbocycles. The van der Waals surface area contributed by atoms with Gasteiger partial charge in [-0.25, -0.2) is 9.78 Å². The zero-order valence-electron chi connectivity index (χ0n) is 18.7. The van der Waals surface area contributed by atoms with Crippen LogP contribution < -0.4 is 10.9 Å². The van der Waals surface area contributed by atoms with Gasteiger partial charge in [-0.1, -0.05) is 78.5 Å². The Labute approximate surface area is 210 Å². The third-order valence-electron chi connectivity index (χ3n) is 5.30. The molecule has 0 radical (unpaired) electrons. The van der Waals surface area contributed by atoms with Crippen LogP contribution in [0.25, 0.3) is 21.3 Å². The van der Waals surface area contributed by atoms with Crippen LogP contribution in [0.4, 0.5) is 0 Å². The molecule has 1 amide bonds. The maximum absolute atomic E-state index is 13.4. The Hall–Kier alpha value is -3.69. The monoisotopic (exact) mass is 505 g/mol. The molecule has 4 rings (SSSR count). The molecule has 0 bridgehead atoms. The van der Waals surface area contributed by atoms with Crippen molar-refractivity contribution in [1.29, 1.82) is 0 Å². The number of amides is 1. The molecule has 9 heteroatoms. The van der Waals surface area contributed by atoms with Gasteiger partial charge in [-0.3, -0.25) is 14.2 Å². The van der Waals surface area contributed by atoms with Gasteiger partial charge in [0.05, 0.1) is 11.1 Å². The molecule has 1 atom stereocenters. The summed E-state index contributed by atoms with van der Waals surface area (Å²) >= 11 is 2.47. The van der Waals surface area contributed by atoms with Gasteiger partial charge in [0.15, 0.2) is 5.16 Å². The Kier molecular flexibility index (Phi) is 7.79. The van der Waals surface area contributed by atoms with Crippen LogP contribution in [-0.2, 0) is 22.6 Å². The van der Waals surface area contributed by atoms with E-state index in [1.807, 2.05) is 66.0 Å². The molecule has 0 aliphatic rings. The van der Waals surface area contributed by atoms with E-state index in [4.69, 9.17) is 0 Å². The standard InChI is InChI=1S/C26H23N3O4S2/c1-2-13-29-24(31)22-19(18-11-7-4-8-12-18)15-34-23(22)28-26(29)35-16-21(30)27-20(25(32)33)14-17-9-5-3-6-10-17/h2-12,15,20H,1,13-14,16H2,(H,27,30)(H,32,33)/t20-/m1/s1. The van der Waals surface area contributed by atoms with Gasteiger partial charge < -0.3 is 10.4 Å². The molecular formula is C26H23N3O4S2. The van der Waals surface area contributed by atoms with E-state index in [-0.39, 0.29) is 24.3 Å². The Morgan fingerprint density at radius 3 is 2.49 bits per heavy atom. The topological polar surface area (TPSA) is 101 Å². The van der Waals surface area contributed by atoms with Crippen LogP contribution in [0.3, 0.4) is 0 Å². The van der Waals surface area contributed by atoms with Crippen molar-refractivity contribution in [3.63, 3.8) is 0 Å². The molecule has 2 heterocycles. The minimum atomic E-state index is -1.11. The molecule has 0 saturated heterocycles. The second-order valence-corrected chi connectivity index (χ2v) is 9.53. The largest absolute Gasteiger partial charge is 0.480 e. The van der Waals surface area contributed by atoms with Gasteiger partial charge in [0.25, 0.3) is 5.56 Å². The van der Waals surface area contributed by atoms with Gasteiger partial charge in [-0.2, -0.15) is 0 Å². The van der Waals surface area contributed by atoms with Crippen LogP contribution in [0.1, 0.15) is 5.56 Å². The first-order valence-electron chi connectivity index (χ1n) is 10.8. The van der Waals surface area contributed by atoms with Gasteiger partial charge in [0, 0.05) is 23.9 Å². The summed E-state index contributed by atoms with van der Waals surface area (Å²) in [6.45, 7) is 3.98. The number of allylic oxidation sites excluding steroid dienone is 1. The van der Waals surface area contributed by atoms with Crippen LogP contribution in [0, 0.1) is 0 Å². The third-order valence-corrected chi connectivity index (χ3v) is 7.15. The number of carboxylic acids is 1. The lowest BCUT2D eigenvalue weighted by Crippen LogP contribution is -2.43. The maximum Gasteiger partial charge on any atom is 0.326 e. The number of aliphatic carboxylic acids is 1. The smallest absolute Gasteiger partial charge is 0.326 e. The van der Waals surface area contributed by atoms with Crippen LogP contribution in [-0.4, -0.2) is 38.3 Å². The van der Waals surface area contributed by atoms with Crippen LogP contribution in [0.5, 0.6) is 0 Å². The van der Waals surface area contributed by atoms with Gasteiger partial charge >= 0.3 is 5.97 Å². The van der Waals surface area contributed by atoms with Crippen molar-refractivity contribution in [3.8, 4) is 11.1 Å². The maximum atomic E-state index is 13.4. The molecule has 4 aromatic rings. The molecule has 7 nitrogen and oxygen atoms in total. The number of nitrogens with zero attached hydrogens (tertiary/aromatic N) is 2. The molecule has 0 aliphatic heterocycles. The quantitative estimate of drug-likeness (QED) is 0.190. The minimum Gasteiger partial charge on any atom is -0.480 e. The highest BCUT2D eigenvalue weighted by Gasteiger charge is 2.22. The normalized spacial score (nSPS) is 11.8. The van der Waals surface area contributed by atoms with Crippen LogP contribution >= 0.6 is 23.1 Å². The summed E-state index contributed by atoms with van der Waals surface area (Å²) in [4.78, 5) is 42.9. The summed E-state index contributed by atoms with van der Waals surface area (Å²) in [6, 6.07) is 17.7. The van der Waals surface area contributed by atoms with Gasteiger partial charge in [-0.05, 0) is 11.1 Å². The van der Waals surface area contributed by atoms with E-state index < -0.39 is 17.9 Å². The van der Waals surface area contributed by atoms with Crippen LogP contribution in [0.2, 0.25) is 0 Å². The summed E-state index contributed by atoms with van der Waals surface area (Å²) in [6.07, 6.45) is 1.78. The summed E-state index contributed by atoms with van der Waals surface area (Å²) in [7, 11) is 0. The highest BCUT2D eigenvalue weighted by Crippen LogP contribution is 2.32. The fourth-order valence-electron chi connectivity index (χ4n) is 3.65. The number of hydrogen-bond acceptors (Lipinski definition) is 6. The zero-order chi connectivity index (χ0) is 24.8. The van der Waals surface area contributed by atoms with E-state index in [0.717, 1.165) is 28.5 Å². The minimum absolute atomic E-state index is 0.0788. The van der Waals surface area contributed by atoms with E-state index in [9.17, 15) is 19.5 Å². The molecule has 2 aromatic carbocycles. The zero-order valence-corrected chi connectivity index (χ0v) is 20.3. The van der Waals surface area contributed by atoms with Crippen molar-refractivity contribution >= 4 is 45.2 Å². The van der Waals surface area contributed by atoms with E-state index in [0.29, 0.717) is 15.4 Å². The molecule has 0 spiro atoms. The predicted molar refractivity (Wildman–Crippen MR) is 140 cm³/mol. The molecule has 178 valence electrons. The third kappa shape index (κ3) is 5.70. The van der Waals surface area contributed by atoms with Gasteiger partial charge in [0.2, 0.25) is 5.91 Å². The van der Waals surface area contributed by atoms with Crippen molar-refractivity contribution in [2.75, 3.05) is 5.75 Å². The van der Waals surface area contributed by atoms with Crippen molar-refractivity contribution in [2.24, 2.45) is 0 Å². The average Bonchev–Trinajstić information content (AvgIpc) is 3.30. The predicted octanol–water partition coefficient (Wildman–Crippen LogP) is 4.22. The number of thiophene rings is 1. The van der Waals surface area contributed by atoms with Crippen LogP contribution in [0.15, 0.2) is 88.6 Å². The molecule has 0 unspecified atom stereocenters. The number of benzene rings is 2. The number of carbonyl (C=O) groups is 2. The Morgan fingerprint density at radius 2 is 1.83 bits per heavy atom. The van der Waals surface area contributed by atoms with E-state index in [1.165, 1.54) is 15.9 Å². The lowest BCUT2D eigenvalue weighted by Gasteiger charge is -2.15. The average molecular weight is 506 g/mol. The highest BCUT2D eigenvalue weighted by molar-refractivity contribution is 7.99. The van der Waals surface area contributed by atoms with Crippen molar-refractivity contribution in [2.45, 2.75) is 24.2 Å². The fraction of sp³-hybridized carbons (Fsp3) is 0.154. The first-order valence-corrected chi connectivity index (χ1v) is 12.7. The summed E-state index contributed by atoms with van der Waals surface area (Å²) in [5, 5.41) is 14.9. The number of carbonyl (C=O) groups excluding carboxylic acids is 1. The van der Waals surface area contributed by atoms with E-state index in [1.54, 1.807) is 6.08 Å². The number of thioether (sulfide) groups is 1. The second-order valence-electron chi connectivity index (χ2n) is 7.73. The molecule has 2 aromatic heterocycles. The Morgan fingerprint density at radius 1 is 1.14 bits per heavy atom. The molecule has 2 N–H and O–H groups in total. The van der Waals surface area contributed by atoms with E-state index >= 15 is 0 Å². The number of hydrogen-bond donors (Lipinski definition) is 2. The van der Waals surface area contributed by atoms with Gasteiger partial charge in [0.1, 0.15) is 10.9 Å². The molecular weight excluding hydrogens is 482 g/mol.